The average Bonchev–Trinajstić information content (AvgIpc) is 2.66. The van der Waals surface area contributed by atoms with Crippen LogP contribution >= 0.6 is 0 Å². The molecule has 0 bridgehead atoms. The molecule has 0 saturated carbocycles. The Morgan fingerprint density at radius 2 is 1.81 bits per heavy atom. The number of hydrogen-bond donors (Lipinski definition) is 1. The van der Waals surface area contributed by atoms with Crippen LogP contribution in [0, 0.1) is 0 Å². The normalized spacial score (nSPS) is 10.7. The Hall–Kier alpha value is -2.95. The minimum atomic E-state index is -0.187. The predicted octanol–water partition coefficient (Wildman–Crippen LogP) is 4.48. The molecule has 0 aliphatic heterocycles. The molecule has 0 spiro atoms. The Morgan fingerprint density at radius 3 is 2.50 bits per heavy atom. The fourth-order valence-electron chi connectivity index (χ4n) is 2.34. The van der Waals surface area contributed by atoms with Gasteiger partial charge in [0.05, 0.1) is 20.8 Å². The van der Waals surface area contributed by atoms with Gasteiger partial charge in [0, 0.05) is 5.56 Å². The largest absolute Gasteiger partial charge is 0.504 e. The zero-order valence-electron chi connectivity index (χ0n) is 15.3. The van der Waals surface area contributed by atoms with Crippen LogP contribution in [-0.2, 0) is 0 Å². The van der Waals surface area contributed by atoms with Gasteiger partial charge in [-0.3, -0.25) is 4.79 Å². The standard InChI is InChI=1S/C21H24O5/c1-4-5-12-26-21-13-15(7-11-19(21)24-2)6-9-17(22)16-8-10-18(23)20(14-16)25-3/h6-11,13-14,23H,4-5,12H2,1-3H3/b9-6+. The maximum absolute atomic E-state index is 12.3. The molecule has 2 rings (SSSR count). The van der Waals surface area contributed by atoms with Crippen LogP contribution in [0.5, 0.6) is 23.0 Å². The lowest BCUT2D eigenvalue weighted by molar-refractivity contribution is 0.104. The SMILES string of the molecule is CCCCOc1cc(/C=C/C(=O)c2ccc(O)c(OC)c2)ccc1OC. The molecule has 0 saturated heterocycles. The van der Waals surface area contributed by atoms with Crippen molar-refractivity contribution < 1.29 is 24.1 Å². The minimum Gasteiger partial charge on any atom is -0.504 e. The molecule has 0 amide bonds. The monoisotopic (exact) mass is 356 g/mol. The van der Waals surface area contributed by atoms with Crippen molar-refractivity contribution in [2.75, 3.05) is 20.8 Å². The van der Waals surface area contributed by atoms with Gasteiger partial charge >= 0.3 is 0 Å². The molecular formula is C21H24O5. The Labute approximate surface area is 153 Å². The predicted molar refractivity (Wildman–Crippen MR) is 101 cm³/mol. The number of unbranched alkanes of at least 4 members (excludes halogenated alkanes) is 1. The van der Waals surface area contributed by atoms with Crippen molar-refractivity contribution >= 4 is 11.9 Å². The van der Waals surface area contributed by atoms with Crippen molar-refractivity contribution in [2.24, 2.45) is 0 Å². The van der Waals surface area contributed by atoms with Crippen molar-refractivity contribution in [3.63, 3.8) is 0 Å². The Bertz CT molecular complexity index is 780. The third-order valence-corrected chi connectivity index (χ3v) is 3.83. The van der Waals surface area contributed by atoms with Crippen molar-refractivity contribution in [3.05, 3.63) is 53.6 Å². The minimum absolute atomic E-state index is 0.00273. The molecule has 5 nitrogen and oxygen atoms in total. The lowest BCUT2D eigenvalue weighted by atomic mass is 10.1. The number of carbonyl (C=O) groups excluding carboxylic acids is 1. The van der Waals surface area contributed by atoms with E-state index in [1.54, 1.807) is 19.3 Å². The van der Waals surface area contributed by atoms with Crippen molar-refractivity contribution in [2.45, 2.75) is 19.8 Å². The highest BCUT2D eigenvalue weighted by atomic mass is 16.5. The summed E-state index contributed by atoms with van der Waals surface area (Å²) in [5.41, 5.74) is 1.26. The van der Waals surface area contributed by atoms with E-state index in [9.17, 15) is 9.90 Å². The van der Waals surface area contributed by atoms with Crippen molar-refractivity contribution in [1.82, 2.24) is 0 Å². The fourth-order valence-corrected chi connectivity index (χ4v) is 2.34. The lowest BCUT2D eigenvalue weighted by Gasteiger charge is -2.11. The van der Waals surface area contributed by atoms with Crippen LogP contribution in [0.1, 0.15) is 35.7 Å². The second-order valence-corrected chi connectivity index (χ2v) is 5.70. The molecule has 0 aromatic heterocycles. The molecule has 0 atom stereocenters. The van der Waals surface area contributed by atoms with E-state index in [0.29, 0.717) is 23.7 Å². The quantitative estimate of drug-likeness (QED) is 0.407. The summed E-state index contributed by atoms with van der Waals surface area (Å²) in [6.07, 6.45) is 5.20. The number of ketones is 1. The number of aromatic hydroxyl groups is 1. The first-order valence-corrected chi connectivity index (χ1v) is 8.49. The molecular weight excluding hydrogens is 332 g/mol. The third-order valence-electron chi connectivity index (χ3n) is 3.83. The van der Waals surface area contributed by atoms with Crippen LogP contribution in [0.3, 0.4) is 0 Å². The molecule has 2 aromatic rings. The molecule has 0 unspecified atom stereocenters. The summed E-state index contributed by atoms with van der Waals surface area (Å²) < 4.78 is 16.1. The van der Waals surface area contributed by atoms with Gasteiger partial charge in [-0.05, 0) is 48.4 Å². The van der Waals surface area contributed by atoms with E-state index in [0.717, 1.165) is 18.4 Å². The smallest absolute Gasteiger partial charge is 0.185 e. The average molecular weight is 356 g/mol. The first-order chi connectivity index (χ1) is 12.6. The van der Waals surface area contributed by atoms with Crippen LogP contribution in [0.2, 0.25) is 0 Å². The molecule has 0 radical (unpaired) electrons. The molecule has 1 N–H and O–H groups in total. The van der Waals surface area contributed by atoms with E-state index in [4.69, 9.17) is 14.2 Å². The molecule has 26 heavy (non-hydrogen) atoms. The van der Waals surface area contributed by atoms with E-state index in [-0.39, 0.29) is 17.3 Å². The fraction of sp³-hybridized carbons (Fsp3) is 0.286. The first-order valence-electron chi connectivity index (χ1n) is 8.49. The molecule has 0 aliphatic carbocycles. The van der Waals surface area contributed by atoms with Gasteiger partial charge in [-0.25, -0.2) is 0 Å². The van der Waals surface area contributed by atoms with Crippen LogP contribution in [0.15, 0.2) is 42.5 Å². The van der Waals surface area contributed by atoms with Crippen molar-refractivity contribution in [1.29, 1.82) is 0 Å². The number of ether oxygens (including phenoxy) is 3. The van der Waals surface area contributed by atoms with Crippen LogP contribution in [0.4, 0.5) is 0 Å². The van der Waals surface area contributed by atoms with E-state index >= 15 is 0 Å². The second kappa shape index (κ2) is 9.51. The van der Waals surface area contributed by atoms with Gasteiger partial charge in [0.25, 0.3) is 0 Å². The number of benzene rings is 2. The van der Waals surface area contributed by atoms with Gasteiger partial charge in [-0.15, -0.1) is 0 Å². The second-order valence-electron chi connectivity index (χ2n) is 5.70. The van der Waals surface area contributed by atoms with Gasteiger partial charge in [-0.1, -0.05) is 25.5 Å². The third kappa shape index (κ3) is 5.02. The van der Waals surface area contributed by atoms with E-state index in [2.05, 4.69) is 6.92 Å². The van der Waals surface area contributed by atoms with Crippen molar-refractivity contribution in [3.8, 4) is 23.0 Å². The molecule has 2 aromatic carbocycles. The van der Waals surface area contributed by atoms with Gasteiger partial charge < -0.3 is 19.3 Å². The molecule has 0 heterocycles. The van der Waals surface area contributed by atoms with Gasteiger partial charge in [-0.2, -0.15) is 0 Å². The Kier molecular flexibility index (Phi) is 7.09. The maximum Gasteiger partial charge on any atom is 0.185 e. The summed E-state index contributed by atoms with van der Waals surface area (Å²) in [4.78, 5) is 12.3. The summed E-state index contributed by atoms with van der Waals surface area (Å²) in [5, 5.41) is 9.61. The number of allylic oxidation sites excluding steroid dienone is 1. The summed E-state index contributed by atoms with van der Waals surface area (Å²) in [7, 11) is 3.04. The molecule has 0 aliphatic rings. The molecule has 5 heteroatoms. The zero-order chi connectivity index (χ0) is 18.9. The Morgan fingerprint density at radius 1 is 1.04 bits per heavy atom. The number of phenols is 1. The number of methoxy groups -OCH3 is 2. The van der Waals surface area contributed by atoms with Crippen LogP contribution in [0.25, 0.3) is 6.08 Å². The summed E-state index contributed by atoms with van der Waals surface area (Å²) in [6.45, 7) is 2.72. The van der Waals surface area contributed by atoms with E-state index in [1.807, 2.05) is 18.2 Å². The van der Waals surface area contributed by atoms with E-state index < -0.39 is 0 Å². The topological polar surface area (TPSA) is 65.0 Å². The van der Waals surface area contributed by atoms with Gasteiger partial charge in [0.2, 0.25) is 0 Å². The Balaban J connectivity index is 2.16. The number of phenolic OH excluding ortho intramolecular Hbond substituents is 1. The maximum atomic E-state index is 12.3. The number of rotatable bonds is 9. The zero-order valence-corrected chi connectivity index (χ0v) is 15.3. The number of carbonyl (C=O) groups is 1. The highest BCUT2D eigenvalue weighted by molar-refractivity contribution is 6.07. The summed E-state index contributed by atoms with van der Waals surface area (Å²) >= 11 is 0. The van der Waals surface area contributed by atoms with Crippen LogP contribution in [-0.4, -0.2) is 31.7 Å². The first kappa shape index (κ1) is 19.4. The molecule has 0 fully saturated rings. The summed E-state index contributed by atoms with van der Waals surface area (Å²) in [5.74, 6) is 1.39. The van der Waals surface area contributed by atoms with Gasteiger partial charge in [0.1, 0.15) is 0 Å². The van der Waals surface area contributed by atoms with E-state index in [1.165, 1.54) is 25.3 Å². The van der Waals surface area contributed by atoms with Crippen LogP contribution < -0.4 is 14.2 Å². The lowest BCUT2D eigenvalue weighted by Crippen LogP contribution is -1.99. The highest BCUT2D eigenvalue weighted by Gasteiger charge is 2.08. The highest BCUT2D eigenvalue weighted by Crippen LogP contribution is 2.29. The van der Waals surface area contributed by atoms with Gasteiger partial charge in [0.15, 0.2) is 28.8 Å². The summed E-state index contributed by atoms with van der Waals surface area (Å²) in [6, 6.07) is 10.0. The number of hydrogen-bond acceptors (Lipinski definition) is 5. The molecule has 138 valence electrons.